The molecular weight excluding hydrogens is 258 g/mol. The lowest BCUT2D eigenvalue weighted by Gasteiger charge is -2.22. The quantitative estimate of drug-likeness (QED) is 0.723. The van der Waals surface area contributed by atoms with Crippen molar-refractivity contribution in [2.24, 2.45) is 5.73 Å². The molecule has 0 bridgehead atoms. The summed E-state index contributed by atoms with van der Waals surface area (Å²) in [5.74, 6) is 0.697. The van der Waals surface area contributed by atoms with Gasteiger partial charge in [0.15, 0.2) is 0 Å². The summed E-state index contributed by atoms with van der Waals surface area (Å²) in [6, 6.07) is 5.59. The Balaban J connectivity index is 2.17. The Kier molecular flexibility index (Phi) is 4.58. The van der Waals surface area contributed by atoms with Gasteiger partial charge in [-0.05, 0) is 36.8 Å². The van der Waals surface area contributed by atoms with Crippen LogP contribution < -0.4 is 16.8 Å². The van der Waals surface area contributed by atoms with Crippen LogP contribution in [0.15, 0.2) is 18.2 Å². The van der Waals surface area contributed by atoms with Crippen molar-refractivity contribution in [1.29, 1.82) is 0 Å². The second-order valence-corrected chi connectivity index (χ2v) is 6.36. The molecule has 104 valence electrons. The minimum Gasteiger partial charge on any atom is -0.399 e. The summed E-state index contributed by atoms with van der Waals surface area (Å²) in [5.41, 5.74) is 13.1. The molecule has 1 saturated carbocycles. The lowest BCUT2D eigenvalue weighted by atomic mass is 10.1. The molecule has 0 aliphatic heterocycles. The van der Waals surface area contributed by atoms with Crippen LogP contribution in [0.4, 0.5) is 11.4 Å². The van der Waals surface area contributed by atoms with Crippen molar-refractivity contribution in [3.05, 3.63) is 23.8 Å². The van der Waals surface area contributed by atoms with Crippen LogP contribution in [0, 0.1) is 0 Å². The number of carbonyl (C=O) groups is 1. The largest absolute Gasteiger partial charge is 0.399 e. The Morgan fingerprint density at radius 2 is 2.26 bits per heavy atom. The predicted molar refractivity (Wildman–Crippen MR) is 82.6 cm³/mol. The van der Waals surface area contributed by atoms with E-state index >= 15 is 0 Å². The molecule has 1 aromatic carbocycles. The van der Waals surface area contributed by atoms with Gasteiger partial charge in [0.05, 0.1) is 5.56 Å². The minimum absolute atomic E-state index is 0.393. The normalized spacial score (nSPS) is 22.4. The molecule has 5 N–H and O–H groups in total. The van der Waals surface area contributed by atoms with Crippen LogP contribution in [0.25, 0.3) is 0 Å². The average molecular weight is 279 g/mol. The lowest BCUT2D eigenvalue weighted by molar-refractivity contribution is 0.100. The number of primary amides is 1. The van der Waals surface area contributed by atoms with Gasteiger partial charge in [-0.3, -0.25) is 4.79 Å². The van der Waals surface area contributed by atoms with E-state index in [4.69, 9.17) is 11.5 Å². The van der Waals surface area contributed by atoms with E-state index in [9.17, 15) is 4.79 Å². The van der Waals surface area contributed by atoms with Gasteiger partial charge >= 0.3 is 0 Å². The zero-order valence-corrected chi connectivity index (χ0v) is 12.0. The van der Waals surface area contributed by atoms with Gasteiger partial charge in [-0.15, -0.1) is 0 Å². The van der Waals surface area contributed by atoms with Crippen LogP contribution in [0.1, 0.15) is 36.5 Å². The Hall–Kier alpha value is -1.36. The van der Waals surface area contributed by atoms with Crippen molar-refractivity contribution in [3.8, 4) is 0 Å². The fraction of sp³-hybridized carbons (Fsp3) is 0.500. The summed E-state index contributed by atoms with van der Waals surface area (Å²) in [7, 11) is 0. The van der Waals surface area contributed by atoms with Crippen LogP contribution >= 0.6 is 11.8 Å². The summed E-state index contributed by atoms with van der Waals surface area (Å²) in [6.45, 7) is 2.18. The number of carbonyl (C=O) groups excluding carboxylic acids is 1. The first kappa shape index (κ1) is 14.1. The number of rotatable bonds is 5. The van der Waals surface area contributed by atoms with Gasteiger partial charge in [-0.1, -0.05) is 13.3 Å². The minimum atomic E-state index is -0.416. The zero-order valence-electron chi connectivity index (χ0n) is 11.2. The monoisotopic (exact) mass is 279 g/mol. The van der Waals surface area contributed by atoms with Crippen molar-refractivity contribution < 1.29 is 4.79 Å². The number of nitrogens with one attached hydrogen (secondary N) is 1. The standard InChI is InChI=1S/C14H21N3OS/c1-2-19-13-5-3-4-11(13)17-12-8-9(15)6-7-10(12)14(16)18/h6-8,11,13,17H,2-5,15H2,1H3,(H2,16,18). The van der Waals surface area contributed by atoms with E-state index in [2.05, 4.69) is 12.2 Å². The van der Waals surface area contributed by atoms with Gasteiger partial charge in [0.2, 0.25) is 0 Å². The van der Waals surface area contributed by atoms with Gasteiger partial charge in [0, 0.05) is 22.7 Å². The summed E-state index contributed by atoms with van der Waals surface area (Å²) in [5, 5.41) is 4.07. The number of hydrogen-bond acceptors (Lipinski definition) is 4. The number of hydrogen-bond donors (Lipinski definition) is 3. The lowest BCUT2D eigenvalue weighted by Crippen LogP contribution is -2.28. The molecule has 1 amide bonds. The SMILES string of the molecule is CCSC1CCCC1Nc1cc(N)ccc1C(N)=O. The molecule has 0 aromatic heterocycles. The third-order valence-electron chi connectivity index (χ3n) is 3.48. The highest BCUT2D eigenvalue weighted by molar-refractivity contribution is 7.99. The Bertz CT molecular complexity index is 464. The molecule has 19 heavy (non-hydrogen) atoms. The predicted octanol–water partition coefficient (Wildman–Crippen LogP) is 2.45. The maximum Gasteiger partial charge on any atom is 0.250 e. The molecule has 0 saturated heterocycles. The number of thioether (sulfide) groups is 1. The number of benzene rings is 1. The molecule has 4 nitrogen and oxygen atoms in total. The number of nitrogens with two attached hydrogens (primary N) is 2. The van der Waals surface area contributed by atoms with E-state index in [1.807, 2.05) is 11.8 Å². The fourth-order valence-electron chi connectivity index (χ4n) is 2.60. The van der Waals surface area contributed by atoms with Gasteiger partial charge in [-0.2, -0.15) is 11.8 Å². The van der Waals surface area contributed by atoms with Gasteiger partial charge in [0.1, 0.15) is 0 Å². The number of nitrogen functional groups attached to an aromatic ring is 1. The van der Waals surface area contributed by atoms with Gasteiger partial charge < -0.3 is 16.8 Å². The molecule has 1 aromatic rings. The summed E-state index contributed by atoms with van der Waals surface area (Å²) in [6.07, 6.45) is 3.58. The van der Waals surface area contributed by atoms with E-state index in [-0.39, 0.29) is 0 Å². The van der Waals surface area contributed by atoms with Crippen LogP contribution in [-0.4, -0.2) is 23.0 Å². The maximum absolute atomic E-state index is 11.5. The van der Waals surface area contributed by atoms with E-state index in [0.717, 1.165) is 17.9 Å². The molecule has 2 unspecified atom stereocenters. The summed E-state index contributed by atoms with van der Waals surface area (Å²) < 4.78 is 0. The highest BCUT2D eigenvalue weighted by Gasteiger charge is 2.27. The number of amides is 1. The van der Waals surface area contributed by atoms with Crippen LogP contribution in [0.2, 0.25) is 0 Å². The maximum atomic E-state index is 11.5. The molecule has 2 atom stereocenters. The summed E-state index contributed by atoms with van der Waals surface area (Å²) >= 11 is 1.97. The first-order valence-electron chi connectivity index (χ1n) is 6.69. The van der Waals surface area contributed by atoms with Crippen LogP contribution in [0.3, 0.4) is 0 Å². The molecule has 0 spiro atoms. The van der Waals surface area contributed by atoms with Crippen molar-refractivity contribution in [2.75, 3.05) is 16.8 Å². The number of anilines is 2. The topological polar surface area (TPSA) is 81.1 Å². The van der Waals surface area contributed by atoms with Crippen molar-refractivity contribution in [2.45, 2.75) is 37.5 Å². The third kappa shape index (κ3) is 3.35. The zero-order chi connectivity index (χ0) is 13.8. The van der Waals surface area contributed by atoms with E-state index in [1.165, 1.54) is 12.8 Å². The first-order chi connectivity index (χ1) is 9.11. The van der Waals surface area contributed by atoms with Gasteiger partial charge in [-0.25, -0.2) is 0 Å². The van der Waals surface area contributed by atoms with E-state index in [0.29, 0.717) is 22.5 Å². The second-order valence-electron chi connectivity index (χ2n) is 4.84. The molecule has 0 radical (unpaired) electrons. The second kappa shape index (κ2) is 6.19. The molecule has 1 aliphatic rings. The Labute approximate surface area is 118 Å². The van der Waals surface area contributed by atoms with E-state index < -0.39 is 5.91 Å². The smallest absolute Gasteiger partial charge is 0.250 e. The highest BCUT2D eigenvalue weighted by atomic mass is 32.2. The Morgan fingerprint density at radius 1 is 1.47 bits per heavy atom. The van der Waals surface area contributed by atoms with E-state index in [1.54, 1.807) is 18.2 Å². The van der Waals surface area contributed by atoms with Crippen molar-refractivity contribution in [3.63, 3.8) is 0 Å². The molecular formula is C14H21N3OS. The molecule has 0 heterocycles. The molecule has 5 heteroatoms. The highest BCUT2D eigenvalue weighted by Crippen LogP contribution is 2.33. The first-order valence-corrected chi connectivity index (χ1v) is 7.74. The summed E-state index contributed by atoms with van der Waals surface area (Å²) in [4.78, 5) is 11.5. The molecule has 1 aliphatic carbocycles. The molecule has 2 rings (SSSR count). The van der Waals surface area contributed by atoms with Crippen LogP contribution in [0.5, 0.6) is 0 Å². The van der Waals surface area contributed by atoms with Crippen molar-refractivity contribution >= 4 is 29.0 Å². The van der Waals surface area contributed by atoms with Crippen LogP contribution in [-0.2, 0) is 0 Å². The third-order valence-corrected chi connectivity index (χ3v) is 4.81. The average Bonchev–Trinajstić information content (AvgIpc) is 2.77. The molecule has 1 fully saturated rings. The van der Waals surface area contributed by atoms with Gasteiger partial charge in [0.25, 0.3) is 5.91 Å². The Morgan fingerprint density at radius 3 is 2.95 bits per heavy atom. The fourth-order valence-corrected chi connectivity index (χ4v) is 3.80. The van der Waals surface area contributed by atoms with Crippen molar-refractivity contribution in [1.82, 2.24) is 0 Å².